The number of aliphatic hydroxyl groups excluding tert-OH is 1. The third-order valence-electron chi connectivity index (χ3n) is 3.85. The van der Waals surface area contributed by atoms with Gasteiger partial charge in [0.05, 0.1) is 6.10 Å². The van der Waals surface area contributed by atoms with E-state index < -0.39 is 0 Å². The maximum absolute atomic E-state index is 9.62. The van der Waals surface area contributed by atoms with Crippen LogP contribution in [0.2, 0.25) is 0 Å². The van der Waals surface area contributed by atoms with Crippen LogP contribution in [0, 0.1) is 6.92 Å². The van der Waals surface area contributed by atoms with Crippen molar-refractivity contribution in [3.05, 3.63) is 29.8 Å². The van der Waals surface area contributed by atoms with Crippen LogP contribution in [0.4, 0.5) is 5.69 Å². The van der Waals surface area contributed by atoms with Crippen LogP contribution in [0.15, 0.2) is 24.3 Å². The Labute approximate surface area is 122 Å². The summed E-state index contributed by atoms with van der Waals surface area (Å²) in [6, 6.07) is 7.79. The van der Waals surface area contributed by atoms with Gasteiger partial charge in [-0.25, -0.2) is 5.01 Å². The fraction of sp³-hybridized carbons (Fsp3) is 0.625. The van der Waals surface area contributed by atoms with Gasteiger partial charge in [-0.2, -0.15) is 0 Å². The second kappa shape index (κ2) is 6.12. The Bertz CT molecular complexity index is 387. The molecule has 4 heteroatoms. The zero-order valence-corrected chi connectivity index (χ0v) is 13.4. The molecular formula is C16H29N3O. The number of hydrogen-bond acceptors (Lipinski definition) is 4. The highest BCUT2D eigenvalue weighted by Crippen LogP contribution is 2.35. The van der Waals surface area contributed by atoms with Crippen LogP contribution < -0.4 is 11.6 Å². The molecule has 2 rings (SSSR count). The third-order valence-corrected chi connectivity index (χ3v) is 3.85. The van der Waals surface area contributed by atoms with Gasteiger partial charge in [-0.1, -0.05) is 17.7 Å². The van der Waals surface area contributed by atoms with Gasteiger partial charge in [0, 0.05) is 16.8 Å². The average molecular weight is 279 g/mol. The summed E-state index contributed by atoms with van der Waals surface area (Å²) in [5.74, 6) is 5.97. The highest BCUT2D eigenvalue weighted by molar-refractivity contribution is 5.38. The molecule has 1 aromatic carbocycles. The second-order valence-electron chi connectivity index (χ2n) is 6.97. The minimum Gasteiger partial charge on any atom is -0.399 e. The average Bonchev–Trinajstić information content (AvgIpc) is 2.30. The molecule has 0 radical (unpaired) electrons. The molecule has 114 valence electrons. The second-order valence-corrected chi connectivity index (χ2v) is 6.97. The summed E-state index contributed by atoms with van der Waals surface area (Å²) < 4.78 is 0. The van der Waals surface area contributed by atoms with Crippen molar-refractivity contribution < 1.29 is 5.11 Å². The molecule has 1 saturated heterocycles. The molecule has 0 aromatic heterocycles. The van der Waals surface area contributed by atoms with Crippen molar-refractivity contribution in [3.63, 3.8) is 0 Å². The maximum Gasteiger partial charge on any atom is 0.0576 e. The Hall–Kier alpha value is -1.10. The summed E-state index contributed by atoms with van der Waals surface area (Å²) >= 11 is 0. The normalized spacial score (nSPS) is 21.9. The Morgan fingerprint density at radius 3 is 1.80 bits per heavy atom. The van der Waals surface area contributed by atoms with E-state index in [0.29, 0.717) is 0 Å². The van der Waals surface area contributed by atoms with Gasteiger partial charge in [0.25, 0.3) is 0 Å². The third kappa shape index (κ3) is 4.47. The van der Waals surface area contributed by atoms with Crippen LogP contribution in [0.5, 0.6) is 0 Å². The van der Waals surface area contributed by atoms with E-state index in [0.717, 1.165) is 18.5 Å². The van der Waals surface area contributed by atoms with Gasteiger partial charge in [0.1, 0.15) is 0 Å². The molecule has 0 saturated carbocycles. The number of hydrazine groups is 1. The molecule has 0 unspecified atom stereocenters. The van der Waals surface area contributed by atoms with Crippen molar-refractivity contribution in [1.82, 2.24) is 5.01 Å². The van der Waals surface area contributed by atoms with Gasteiger partial charge in [-0.3, -0.25) is 5.84 Å². The SMILES string of the molecule is CC1(C)CC(O)CC(C)(C)N1N.Cc1ccc(N)cc1. The topological polar surface area (TPSA) is 75.5 Å². The number of hydrogen-bond donors (Lipinski definition) is 3. The fourth-order valence-electron chi connectivity index (χ4n) is 2.81. The van der Waals surface area contributed by atoms with E-state index in [2.05, 4.69) is 27.7 Å². The van der Waals surface area contributed by atoms with Gasteiger partial charge < -0.3 is 10.8 Å². The number of anilines is 1. The van der Waals surface area contributed by atoms with E-state index >= 15 is 0 Å². The zero-order valence-electron chi connectivity index (χ0n) is 13.4. The van der Waals surface area contributed by atoms with E-state index in [1.54, 1.807) is 0 Å². The number of piperidine rings is 1. The maximum atomic E-state index is 9.62. The largest absolute Gasteiger partial charge is 0.399 e. The molecule has 0 atom stereocenters. The van der Waals surface area contributed by atoms with Crippen LogP contribution in [0.1, 0.15) is 46.1 Å². The number of nitrogens with two attached hydrogens (primary N) is 2. The monoisotopic (exact) mass is 279 g/mol. The Morgan fingerprint density at radius 1 is 1.05 bits per heavy atom. The molecule has 1 aromatic rings. The van der Waals surface area contributed by atoms with E-state index in [1.807, 2.05) is 36.2 Å². The summed E-state index contributed by atoms with van der Waals surface area (Å²) in [5, 5.41) is 11.5. The summed E-state index contributed by atoms with van der Waals surface area (Å²) in [5.41, 5.74) is 7.31. The highest BCUT2D eigenvalue weighted by Gasteiger charge is 2.43. The lowest BCUT2D eigenvalue weighted by molar-refractivity contribution is -0.0819. The Morgan fingerprint density at radius 2 is 1.45 bits per heavy atom. The highest BCUT2D eigenvalue weighted by atomic mass is 16.3. The van der Waals surface area contributed by atoms with E-state index in [-0.39, 0.29) is 17.2 Å². The molecule has 0 aliphatic carbocycles. The lowest BCUT2D eigenvalue weighted by Crippen LogP contribution is -2.64. The van der Waals surface area contributed by atoms with E-state index in [9.17, 15) is 5.11 Å². The van der Waals surface area contributed by atoms with Crippen molar-refractivity contribution >= 4 is 5.69 Å². The van der Waals surface area contributed by atoms with Crippen LogP contribution in [-0.4, -0.2) is 27.3 Å². The van der Waals surface area contributed by atoms with E-state index in [1.165, 1.54) is 5.56 Å². The molecule has 1 heterocycles. The zero-order chi connectivity index (χ0) is 15.6. The summed E-state index contributed by atoms with van der Waals surface area (Å²) in [6.45, 7) is 10.3. The first-order chi connectivity index (χ1) is 9.04. The number of aryl methyl sites for hydroxylation is 1. The molecule has 0 bridgehead atoms. The molecule has 1 fully saturated rings. The van der Waals surface area contributed by atoms with Gasteiger partial charge in [-0.15, -0.1) is 0 Å². The van der Waals surface area contributed by atoms with Crippen molar-refractivity contribution in [3.8, 4) is 0 Å². The van der Waals surface area contributed by atoms with Gasteiger partial charge >= 0.3 is 0 Å². The Balaban J connectivity index is 0.000000217. The lowest BCUT2D eigenvalue weighted by Gasteiger charge is -2.51. The number of aliphatic hydroxyl groups is 1. The van der Waals surface area contributed by atoms with Crippen molar-refractivity contribution in [2.75, 3.05) is 5.73 Å². The fourth-order valence-corrected chi connectivity index (χ4v) is 2.81. The molecule has 5 N–H and O–H groups in total. The number of nitrogen functional groups attached to an aromatic ring is 1. The van der Waals surface area contributed by atoms with Crippen LogP contribution >= 0.6 is 0 Å². The van der Waals surface area contributed by atoms with Crippen molar-refractivity contribution in [2.24, 2.45) is 5.84 Å². The first-order valence-corrected chi connectivity index (χ1v) is 7.10. The van der Waals surface area contributed by atoms with Crippen LogP contribution in [-0.2, 0) is 0 Å². The number of benzene rings is 1. The minimum atomic E-state index is -0.213. The van der Waals surface area contributed by atoms with Gasteiger partial charge in [-0.05, 0) is 59.6 Å². The predicted octanol–water partition coefficient (Wildman–Crippen LogP) is 2.45. The first-order valence-electron chi connectivity index (χ1n) is 7.10. The quantitative estimate of drug-likeness (QED) is 0.504. The molecule has 20 heavy (non-hydrogen) atoms. The number of nitrogens with zero attached hydrogens (tertiary/aromatic N) is 1. The lowest BCUT2D eigenvalue weighted by atomic mass is 9.80. The molecular weight excluding hydrogens is 250 g/mol. The van der Waals surface area contributed by atoms with Gasteiger partial charge in [0.15, 0.2) is 0 Å². The predicted molar refractivity (Wildman–Crippen MR) is 85.0 cm³/mol. The Kier molecular flexibility index (Phi) is 5.19. The molecule has 1 aliphatic heterocycles. The summed E-state index contributed by atoms with van der Waals surface area (Å²) in [7, 11) is 0. The van der Waals surface area contributed by atoms with Crippen LogP contribution in [0.3, 0.4) is 0 Å². The van der Waals surface area contributed by atoms with E-state index in [4.69, 9.17) is 11.6 Å². The molecule has 4 nitrogen and oxygen atoms in total. The smallest absolute Gasteiger partial charge is 0.0576 e. The molecule has 0 amide bonds. The summed E-state index contributed by atoms with van der Waals surface area (Å²) in [4.78, 5) is 0. The first kappa shape index (κ1) is 17.0. The molecule has 0 spiro atoms. The minimum absolute atomic E-state index is 0.0961. The standard InChI is InChI=1S/C9H20N2O.C7H9N/c1-8(2)5-7(12)6-9(3,4)11(8)10;1-6-2-4-7(8)5-3-6/h7,12H,5-6,10H2,1-4H3;2-5H,8H2,1H3. The van der Waals surface area contributed by atoms with Crippen LogP contribution in [0.25, 0.3) is 0 Å². The van der Waals surface area contributed by atoms with Crippen molar-refractivity contribution in [1.29, 1.82) is 0 Å². The van der Waals surface area contributed by atoms with Gasteiger partial charge in [0.2, 0.25) is 0 Å². The van der Waals surface area contributed by atoms with Crippen molar-refractivity contribution in [2.45, 2.75) is 64.6 Å². The molecule has 1 aliphatic rings. The summed E-state index contributed by atoms with van der Waals surface area (Å²) in [6.07, 6.45) is 1.30. The number of rotatable bonds is 0.